The third kappa shape index (κ3) is 24.0. The number of aliphatic hydroxyl groups is 2. The maximum atomic E-state index is 13.5. The van der Waals surface area contributed by atoms with Gasteiger partial charge in [0, 0.05) is 13.1 Å². The quantitative estimate of drug-likeness (QED) is 0.0553. The maximum absolute atomic E-state index is 13.5. The van der Waals surface area contributed by atoms with Crippen LogP contribution in [-0.2, 0) is 18.4 Å². The lowest BCUT2D eigenvalue weighted by molar-refractivity contribution is -0.150. The van der Waals surface area contributed by atoms with Crippen molar-refractivity contribution in [1.82, 2.24) is 0 Å². The number of aliphatic hydroxyl groups excluding tert-OH is 2. The van der Waals surface area contributed by atoms with E-state index in [1.807, 2.05) is 0 Å². The lowest BCUT2D eigenvalue weighted by atomic mass is 9.91. The first kappa shape index (κ1) is 44.1. The first-order valence-electron chi connectivity index (χ1n) is 19.4. The Morgan fingerprint density at radius 2 is 0.689 bits per heavy atom. The molecule has 0 aliphatic heterocycles. The molecule has 0 saturated carbocycles. The van der Waals surface area contributed by atoms with E-state index in [2.05, 4.69) is 27.7 Å². The second-order valence-electron chi connectivity index (χ2n) is 14.1. The zero-order valence-electron chi connectivity index (χ0n) is 30.7. The normalized spacial score (nSPS) is 14.6. The van der Waals surface area contributed by atoms with E-state index in [9.17, 15) is 19.8 Å². The maximum Gasteiger partial charge on any atom is 0.457 e. The van der Waals surface area contributed by atoms with Crippen LogP contribution in [0, 0.1) is 11.8 Å². The molecule has 0 heterocycles. The van der Waals surface area contributed by atoms with E-state index in [0.29, 0.717) is 25.7 Å². The van der Waals surface area contributed by atoms with Crippen molar-refractivity contribution < 1.29 is 28.7 Å². The molecule has 0 fully saturated rings. The molecule has 0 aromatic carbocycles. The van der Waals surface area contributed by atoms with Crippen molar-refractivity contribution in [3.05, 3.63) is 0 Å². The van der Waals surface area contributed by atoms with E-state index in [-0.39, 0.29) is 0 Å². The average molecular weight is 657 g/mol. The average Bonchev–Trinajstić information content (AvgIpc) is 2.99. The van der Waals surface area contributed by atoms with Crippen molar-refractivity contribution in [2.45, 2.75) is 220 Å². The third-order valence-electron chi connectivity index (χ3n) is 9.17. The fourth-order valence-electron chi connectivity index (χ4n) is 6.20. The molecule has 0 aliphatic carbocycles. The van der Waals surface area contributed by atoms with Gasteiger partial charge in [-0.3, -0.25) is 9.59 Å². The van der Waals surface area contributed by atoms with Gasteiger partial charge in [0.2, 0.25) is 0 Å². The Bertz CT molecular complexity index is 644. The van der Waals surface area contributed by atoms with E-state index in [1.54, 1.807) is 13.1 Å². The summed E-state index contributed by atoms with van der Waals surface area (Å²) in [5, 5.41) is 22.1. The van der Waals surface area contributed by atoms with Crippen molar-refractivity contribution in [2.24, 2.45) is 11.8 Å². The number of carbonyl (C=O) groups excluding carboxylic acids is 2. The van der Waals surface area contributed by atoms with Gasteiger partial charge in [0.15, 0.2) is 0 Å². The highest BCUT2D eigenvalue weighted by atomic mass is 28.4. The fraction of sp³-hybridized carbons (Fsp3) is 0.947. The van der Waals surface area contributed by atoms with Crippen LogP contribution in [0.5, 0.6) is 0 Å². The second kappa shape index (κ2) is 29.2. The van der Waals surface area contributed by atoms with Gasteiger partial charge in [-0.25, -0.2) is 0 Å². The summed E-state index contributed by atoms with van der Waals surface area (Å²) in [4.78, 5) is 27.0. The van der Waals surface area contributed by atoms with Crippen molar-refractivity contribution in [3.8, 4) is 0 Å². The molecule has 2 N–H and O–H groups in total. The van der Waals surface area contributed by atoms with Gasteiger partial charge in [0.05, 0.1) is 24.0 Å². The Kier molecular flexibility index (Phi) is 28.6. The minimum atomic E-state index is -3.19. The summed E-state index contributed by atoms with van der Waals surface area (Å²) in [5.41, 5.74) is 0. The zero-order chi connectivity index (χ0) is 33.8. The summed E-state index contributed by atoms with van der Waals surface area (Å²) in [7, 11) is -3.19. The molecule has 0 spiro atoms. The van der Waals surface area contributed by atoms with E-state index >= 15 is 0 Å². The Morgan fingerprint density at radius 3 is 1.00 bits per heavy atom. The SMILES string of the molecule is CCCCCCCCCC(C(=O)O[Si](C)(C)OC(=O)C(CCCCCCCCC)C(O)CCCCCC)C(O)CCCCCC. The molecule has 0 radical (unpaired) electrons. The number of carbonyl (C=O) groups is 2. The van der Waals surface area contributed by atoms with Gasteiger partial charge in [-0.15, -0.1) is 0 Å². The molecule has 0 amide bonds. The van der Waals surface area contributed by atoms with Gasteiger partial charge in [0.1, 0.15) is 0 Å². The lowest BCUT2D eigenvalue weighted by Crippen LogP contribution is -2.45. The summed E-state index contributed by atoms with van der Waals surface area (Å²) in [5.74, 6) is -2.06. The second-order valence-corrected chi connectivity index (χ2v) is 17.3. The Morgan fingerprint density at radius 1 is 0.444 bits per heavy atom. The summed E-state index contributed by atoms with van der Waals surface area (Å²) in [6, 6.07) is 0. The van der Waals surface area contributed by atoms with E-state index in [0.717, 1.165) is 89.9 Å². The first-order chi connectivity index (χ1) is 21.6. The van der Waals surface area contributed by atoms with Crippen molar-refractivity contribution in [3.63, 3.8) is 0 Å². The molecule has 45 heavy (non-hydrogen) atoms. The smallest absolute Gasteiger partial charge is 0.457 e. The minimum Gasteiger partial charge on any atom is -0.485 e. The highest BCUT2D eigenvalue weighted by Crippen LogP contribution is 2.26. The standard InChI is InChI=1S/C38H76O6Si/c1-7-11-15-19-21-23-25-29-33(35(39)31-27-17-13-9-3)37(41)43-45(5,6)44-38(42)34(36(40)32-28-18-14-10-4)30-26-24-22-20-16-12-8-2/h33-36,39-40H,7-32H2,1-6H3. The predicted octanol–water partition coefficient (Wildman–Crippen LogP) is 11.0. The van der Waals surface area contributed by atoms with E-state index in [4.69, 9.17) is 8.85 Å². The van der Waals surface area contributed by atoms with E-state index in [1.165, 1.54) is 51.4 Å². The molecule has 0 saturated heterocycles. The molecule has 0 rings (SSSR count). The van der Waals surface area contributed by atoms with Gasteiger partial charge in [-0.2, -0.15) is 0 Å². The van der Waals surface area contributed by atoms with Crippen molar-refractivity contribution in [2.75, 3.05) is 0 Å². The Hall–Kier alpha value is -0.923. The highest BCUT2D eigenvalue weighted by molar-refractivity contribution is 6.67. The summed E-state index contributed by atoms with van der Waals surface area (Å²) < 4.78 is 11.9. The van der Waals surface area contributed by atoms with Crippen LogP contribution in [0.15, 0.2) is 0 Å². The van der Waals surface area contributed by atoms with Gasteiger partial charge in [-0.1, -0.05) is 169 Å². The van der Waals surface area contributed by atoms with Crippen LogP contribution in [0.3, 0.4) is 0 Å². The number of hydrogen-bond donors (Lipinski definition) is 2. The molecule has 0 aliphatic rings. The molecule has 0 aromatic heterocycles. The molecular formula is C38H76O6Si. The largest absolute Gasteiger partial charge is 0.485 e. The molecule has 4 atom stereocenters. The van der Waals surface area contributed by atoms with Crippen LogP contribution >= 0.6 is 0 Å². The Labute approximate surface area is 280 Å². The van der Waals surface area contributed by atoms with Gasteiger partial charge < -0.3 is 19.1 Å². The highest BCUT2D eigenvalue weighted by Gasteiger charge is 2.40. The van der Waals surface area contributed by atoms with Gasteiger partial charge in [-0.05, 0) is 25.7 Å². The van der Waals surface area contributed by atoms with Crippen LogP contribution in [-0.4, -0.2) is 42.9 Å². The van der Waals surface area contributed by atoms with Gasteiger partial charge in [0.25, 0.3) is 0 Å². The van der Waals surface area contributed by atoms with E-state index < -0.39 is 44.5 Å². The predicted molar refractivity (Wildman–Crippen MR) is 191 cm³/mol. The number of rotatable bonds is 32. The monoisotopic (exact) mass is 657 g/mol. The summed E-state index contributed by atoms with van der Waals surface area (Å²) in [6.45, 7) is 12.2. The topological polar surface area (TPSA) is 93.1 Å². The fourth-order valence-corrected chi connectivity index (χ4v) is 7.51. The molecule has 7 heteroatoms. The molecule has 4 unspecified atom stereocenters. The molecule has 0 bridgehead atoms. The van der Waals surface area contributed by atoms with Crippen LogP contribution in [0.25, 0.3) is 0 Å². The van der Waals surface area contributed by atoms with Crippen LogP contribution in [0.4, 0.5) is 0 Å². The minimum absolute atomic E-state index is 0.433. The first-order valence-corrected chi connectivity index (χ1v) is 22.3. The lowest BCUT2D eigenvalue weighted by Gasteiger charge is -2.30. The molecular weight excluding hydrogens is 580 g/mol. The van der Waals surface area contributed by atoms with Crippen LogP contribution in [0.1, 0.15) is 195 Å². The van der Waals surface area contributed by atoms with Crippen molar-refractivity contribution >= 4 is 20.5 Å². The number of hydrogen-bond acceptors (Lipinski definition) is 6. The van der Waals surface area contributed by atoms with Crippen LogP contribution in [0.2, 0.25) is 13.1 Å². The van der Waals surface area contributed by atoms with Gasteiger partial charge >= 0.3 is 20.5 Å². The third-order valence-corrected chi connectivity index (χ3v) is 10.6. The summed E-state index contributed by atoms with van der Waals surface area (Å²) >= 11 is 0. The zero-order valence-corrected chi connectivity index (χ0v) is 31.7. The number of unbranched alkanes of at least 4 members (excludes halogenated alkanes) is 18. The Balaban J connectivity index is 5.30. The molecule has 6 nitrogen and oxygen atoms in total. The summed E-state index contributed by atoms with van der Waals surface area (Å²) in [6.07, 6.45) is 25.3. The molecule has 0 aromatic rings. The van der Waals surface area contributed by atoms with Crippen LogP contribution < -0.4 is 0 Å². The molecule has 268 valence electrons. The van der Waals surface area contributed by atoms with Crippen molar-refractivity contribution in [1.29, 1.82) is 0 Å².